The Morgan fingerprint density at radius 2 is 1.76 bits per heavy atom. The van der Waals surface area contributed by atoms with Crippen LogP contribution in [0, 0.1) is 10.1 Å². The van der Waals surface area contributed by atoms with E-state index in [1.165, 1.54) is 12.1 Å². The highest BCUT2D eigenvalue weighted by molar-refractivity contribution is 9.10. The van der Waals surface area contributed by atoms with Crippen molar-refractivity contribution in [1.82, 2.24) is 0 Å². The third-order valence-electron chi connectivity index (χ3n) is 2.43. The fourth-order valence-electron chi connectivity index (χ4n) is 1.44. The summed E-state index contributed by atoms with van der Waals surface area (Å²) in [6.45, 7) is 0. The van der Waals surface area contributed by atoms with E-state index in [0.29, 0.717) is 0 Å². The van der Waals surface area contributed by atoms with Crippen LogP contribution < -0.4 is 4.18 Å². The van der Waals surface area contributed by atoms with Crippen LogP contribution in [0.15, 0.2) is 51.8 Å². The first-order valence-corrected chi connectivity index (χ1v) is 8.01. The Morgan fingerprint density at radius 1 is 1.14 bits per heavy atom. The van der Waals surface area contributed by atoms with E-state index in [1.54, 1.807) is 12.1 Å². The normalized spacial score (nSPS) is 11.1. The standard InChI is InChI=1S/C12H7BrClNO5S/c13-8-1-4-10(5-2-8)21(18,19)20-12-6-3-9(15(16)17)7-11(12)14/h1-7H. The second-order valence-electron chi connectivity index (χ2n) is 3.86. The average Bonchev–Trinajstić information content (AvgIpc) is 2.41. The van der Waals surface area contributed by atoms with E-state index in [1.807, 2.05) is 0 Å². The molecule has 6 nitrogen and oxygen atoms in total. The summed E-state index contributed by atoms with van der Waals surface area (Å²) in [6, 6.07) is 9.09. The van der Waals surface area contributed by atoms with Gasteiger partial charge in [0.1, 0.15) is 4.90 Å². The third-order valence-corrected chi connectivity index (χ3v) is 4.50. The zero-order valence-corrected chi connectivity index (χ0v) is 13.4. The molecule has 2 rings (SSSR count). The van der Waals surface area contributed by atoms with Crippen molar-refractivity contribution in [1.29, 1.82) is 0 Å². The summed E-state index contributed by atoms with van der Waals surface area (Å²) in [5.41, 5.74) is -0.256. The van der Waals surface area contributed by atoms with Crippen molar-refractivity contribution in [2.45, 2.75) is 4.90 Å². The molecule has 110 valence electrons. The monoisotopic (exact) mass is 391 g/mol. The van der Waals surface area contributed by atoms with E-state index in [4.69, 9.17) is 15.8 Å². The van der Waals surface area contributed by atoms with Crippen molar-refractivity contribution < 1.29 is 17.5 Å². The maximum absolute atomic E-state index is 12.1. The number of nitro groups is 1. The Balaban J connectivity index is 2.32. The van der Waals surface area contributed by atoms with Gasteiger partial charge in [0, 0.05) is 16.6 Å². The first kappa shape index (κ1) is 15.7. The second-order valence-corrected chi connectivity index (χ2v) is 6.73. The number of hydrogen-bond acceptors (Lipinski definition) is 5. The van der Waals surface area contributed by atoms with E-state index in [9.17, 15) is 18.5 Å². The summed E-state index contributed by atoms with van der Waals surface area (Å²) >= 11 is 8.98. The molecule has 0 aromatic heterocycles. The minimum atomic E-state index is -4.06. The number of hydrogen-bond donors (Lipinski definition) is 0. The Kier molecular flexibility index (Phi) is 4.50. The molecule has 0 radical (unpaired) electrons. The van der Waals surface area contributed by atoms with Crippen molar-refractivity contribution in [3.63, 3.8) is 0 Å². The van der Waals surface area contributed by atoms with Crippen LogP contribution in [0.3, 0.4) is 0 Å². The van der Waals surface area contributed by atoms with Gasteiger partial charge in [-0.1, -0.05) is 27.5 Å². The quantitative estimate of drug-likeness (QED) is 0.449. The van der Waals surface area contributed by atoms with E-state index >= 15 is 0 Å². The topological polar surface area (TPSA) is 86.5 Å². The lowest BCUT2D eigenvalue weighted by Gasteiger charge is -2.08. The Morgan fingerprint density at radius 3 is 2.29 bits per heavy atom. The highest BCUT2D eigenvalue weighted by Gasteiger charge is 2.19. The van der Waals surface area contributed by atoms with Gasteiger partial charge >= 0.3 is 10.1 Å². The fourth-order valence-corrected chi connectivity index (χ4v) is 2.91. The molecule has 2 aromatic rings. The highest BCUT2D eigenvalue weighted by Crippen LogP contribution is 2.31. The van der Waals surface area contributed by atoms with Crippen LogP contribution >= 0.6 is 27.5 Å². The summed E-state index contributed by atoms with van der Waals surface area (Å²) in [7, 11) is -4.06. The zero-order chi connectivity index (χ0) is 15.6. The van der Waals surface area contributed by atoms with Gasteiger partial charge in [-0.15, -0.1) is 0 Å². The Bertz CT molecular complexity index is 792. The maximum atomic E-state index is 12.1. The summed E-state index contributed by atoms with van der Waals surface area (Å²) in [6.07, 6.45) is 0. The van der Waals surface area contributed by atoms with Gasteiger partial charge in [-0.2, -0.15) is 8.42 Å². The molecule has 0 unspecified atom stereocenters. The number of non-ortho nitro benzene ring substituents is 1. The van der Waals surface area contributed by atoms with Crippen LogP contribution in [0.5, 0.6) is 5.75 Å². The lowest BCUT2D eigenvalue weighted by Crippen LogP contribution is -2.10. The number of halogens is 2. The van der Waals surface area contributed by atoms with Crippen LogP contribution in [0.25, 0.3) is 0 Å². The maximum Gasteiger partial charge on any atom is 0.339 e. The predicted octanol–water partition coefficient (Wildman–Crippen LogP) is 3.78. The summed E-state index contributed by atoms with van der Waals surface area (Å²) < 4.78 is 29.7. The highest BCUT2D eigenvalue weighted by atomic mass is 79.9. The smallest absolute Gasteiger partial charge is 0.339 e. The van der Waals surface area contributed by atoms with E-state index in [-0.39, 0.29) is 21.4 Å². The van der Waals surface area contributed by atoms with E-state index < -0.39 is 15.0 Å². The molecular weight excluding hydrogens is 386 g/mol. The van der Waals surface area contributed by atoms with Crippen molar-refractivity contribution in [2.75, 3.05) is 0 Å². The van der Waals surface area contributed by atoms with Gasteiger partial charge in [-0.05, 0) is 30.3 Å². The number of nitrogens with zero attached hydrogens (tertiary/aromatic N) is 1. The molecule has 0 bridgehead atoms. The molecule has 0 fully saturated rings. The molecule has 0 saturated carbocycles. The molecule has 0 aliphatic heterocycles. The van der Waals surface area contributed by atoms with Crippen LogP contribution in [0.1, 0.15) is 0 Å². The predicted molar refractivity (Wildman–Crippen MR) is 80.1 cm³/mol. The zero-order valence-electron chi connectivity index (χ0n) is 10.2. The van der Waals surface area contributed by atoms with Crippen molar-refractivity contribution in [3.05, 3.63) is 62.1 Å². The first-order valence-electron chi connectivity index (χ1n) is 5.43. The molecular formula is C12H7BrClNO5S. The molecule has 21 heavy (non-hydrogen) atoms. The summed E-state index contributed by atoms with van der Waals surface area (Å²) in [4.78, 5) is 9.89. The van der Waals surface area contributed by atoms with Gasteiger partial charge in [0.05, 0.1) is 9.95 Å². The Labute approximate surface area is 133 Å². The van der Waals surface area contributed by atoms with Gasteiger partial charge in [0.2, 0.25) is 0 Å². The average molecular weight is 393 g/mol. The molecule has 9 heteroatoms. The first-order chi connectivity index (χ1) is 9.79. The largest absolute Gasteiger partial charge is 0.377 e. The third kappa shape index (κ3) is 3.72. The molecule has 0 saturated heterocycles. The lowest BCUT2D eigenvalue weighted by molar-refractivity contribution is -0.384. The second kappa shape index (κ2) is 6.00. The van der Waals surface area contributed by atoms with Crippen molar-refractivity contribution in [2.24, 2.45) is 0 Å². The molecule has 0 heterocycles. The van der Waals surface area contributed by atoms with Gasteiger partial charge in [-0.3, -0.25) is 10.1 Å². The number of nitro benzene ring substituents is 1. The minimum Gasteiger partial charge on any atom is -0.377 e. The van der Waals surface area contributed by atoms with Gasteiger partial charge in [-0.25, -0.2) is 0 Å². The molecule has 0 aliphatic rings. The van der Waals surface area contributed by atoms with Crippen LogP contribution in [0.4, 0.5) is 5.69 Å². The molecule has 0 atom stereocenters. The Hall–Kier alpha value is -1.64. The van der Waals surface area contributed by atoms with Crippen LogP contribution in [-0.2, 0) is 10.1 Å². The molecule has 0 spiro atoms. The van der Waals surface area contributed by atoms with E-state index in [2.05, 4.69) is 15.9 Å². The van der Waals surface area contributed by atoms with E-state index in [0.717, 1.165) is 22.7 Å². The van der Waals surface area contributed by atoms with Gasteiger partial charge in [0.25, 0.3) is 5.69 Å². The lowest BCUT2D eigenvalue weighted by atomic mass is 10.3. The van der Waals surface area contributed by atoms with Gasteiger partial charge in [0.15, 0.2) is 5.75 Å². The molecule has 2 aromatic carbocycles. The summed E-state index contributed by atoms with van der Waals surface area (Å²) in [5.74, 6) is -0.176. The minimum absolute atomic E-state index is 0.0554. The number of benzene rings is 2. The van der Waals surface area contributed by atoms with Crippen LogP contribution in [-0.4, -0.2) is 13.3 Å². The van der Waals surface area contributed by atoms with Gasteiger partial charge < -0.3 is 4.18 Å². The summed E-state index contributed by atoms with van der Waals surface area (Å²) in [5, 5.41) is 10.4. The molecule has 0 aliphatic carbocycles. The molecule has 0 amide bonds. The SMILES string of the molecule is O=[N+]([O-])c1ccc(OS(=O)(=O)c2ccc(Br)cc2)c(Cl)c1. The van der Waals surface area contributed by atoms with Crippen molar-refractivity contribution in [3.8, 4) is 5.75 Å². The van der Waals surface area contributed by atoms with Crippen molar-refractivity contribution >= 4 is 43.3 Å². The molecule has 0 N–H and O–H groups in total. The van der Waals surface area contributed by atoms with Crippen LogP contribution in [0.2, 0.25) is 5.02 Å². The fraction of sp³-hybridized carbons (Fsp3) is 0. The number of rotatable bonds is 4.